The van der Waals surface area contributed by atoms with Crippen molar-refractivity contribution in [3.05, 3.63) is 35.9 Å². The van der Waals surface area contributed by atoms with Gasteiger partial charge in [0.25, 0.3) is 0 Å². The molecule has 0 radical (unpaired) electrons. The standard InChI is InChI=1S/C14H19N3O/c1-17-9-7-13(8-10-17)15-16-14(18)11-12-5-3-2-4-6-12/h2-6H,7-11H2,1H3,(H,16,18)/p+1. The van der Waals surface area contributed by atoms with Crippen molar-refractivity contribution in [2.45, 2.75) is 19.3 Å². The first-order valence-electron chi connectivity index (χ1n) is 6.43. The molecule has 0 spiro atoms. The van der Waals surface area contributed by atoms with Gasteiger partial charge < -0.3 is 4.90 Å². The van der Waals surface area contributed by atoms with E-state index >= 15 is 0 Å². The van der Waals surface area contributed by atoms with Crippen LogP contribution in [0.15, 0.2) is 35.4 Å². The molecule has 1 aromatic carbocycles. The zero-order valence-electron chi connectivity index (χ0n) is 10.8. The number of hydrazone groups is 1. The highest BCUT2D eigenvalue weighted by Gasteiger charge is 2.14. The molecular weight excluding hydrogens is 226 g/mol. The molecule has 18 heavy (non-hydrogen) atoms. The van der Waals surface area contributed by atoms with Crippen molar-refractivity contribution in [3.8, 4) is 0 Å². The second-order valence-corrected chi connectivity index (χ2v) is 4.83. The van der Waals surface area contributed by atoms with Gasteiger partial charge >= 0.3 is 0 Å². The van der Waals surface area contributed by atoms with Crippen molar-refractivity contribution in [2.75, 3.05) is 20.1 Å². The van der Waals surface area contributed by atoms with Crippen molar-refractivity contribution < 1.29 is 9.69 Å². The number of quaternary nitrogens is 1. The van der Waals surface area contributed by atoms with Crippen LogP contribution in [0.2, 0.25) is 0 Å². The minimum Gasteiger partial charge on any atom is -0.337 e. The molecule has 0 aromatic heterocycles. The second kappa shape index (κ2) is 6.31. The summed E-state index contributed by atoms with van der Waals surface area (Å²) in [4.78, 5) is 13.2. The minimum atomic E-state index is -0.0417. The Kier molecular flexibility index (Phi) is 4.47. The summed E-state index contributed by atoms with van der Waals surface area (Å²) < 4.78 is 0. The molecule has 1 aliphatic rings. The third kappa shape index (κ3) is 3.96. The van der Waals surface area contributed by atoms with Gasteiger partial charge in [0.2, 0.25) is 5.91 Å². The van der Waals surface area contributed by atoms with E-state index in [1.165, 1.54) is 4.90 Å². The Labute approximate surface area is 108 Å². The fourth-order valence-corrected chi connectivity index (χ4v) is 2.04. The lowest BCUT2D eigenvalue weighted by atomic mass is 10.1. The van der Waals surface area contributed by atoms with E-state index in [0.29, 0.717) is 6.42 Å². The molecule has 4 heteroatoms. The number of benzene rings is 1. The number of rotatable bonds is 3. The zero-order valence-corrected chi connectivity index (χ0v) is 10.8. The summed E-state index contributed by atoms with van der Waals surface area (Å²) in [6.45, 7) is 2.21. The lowest BCUT2D eigenvalue weighted by Crippen LogP contribution is -3.10. The number of nitrogens with one attached hydrogen (secondary N) is 2. The molecule has 2 N–H and O–H groups in total. The van der Waals surface area contributed by atoms with Crippen molar-refractivity contribution in [1.29, 1.82) is 0 Å². The van der Waals surface area contributed by atoms with Gasteiger partial charge in [0, 0.05) is 18.6 Å². The quantitative estimate of drug-likeness (QED) is 0.725. The molecule has 1 amide bonds. The number of hydrogen-bond donors (Lipinski definition) is 2. The number of carbonyl (C=O) groups excluding carboxylic acids is 1. The lowest BCUT2D eigenvalue weighted by molar-refractivity contribution is -0.880. The van der Waals surface area contributed by atoms with Crippen LogP contribution >= 0.6 is 0 Å². The number of carbonyl (C=O) groups is 1. The maximum absolute atomic E-state index is 11.7. The highest BCUT2D eigenvalue weighted by Crippen LogP contribution is 1.99. The van der Waals surface area contributed by atoms with Gasteiger partial charge in [-0.3, -0.25) is 4.79 Å². The summed E-state index contributed by atoms with van der Waals surface area (Å²) in [5, 5.41) is 4.22. The van der Waals surface area contributed by atoms with Crippen molar-refractivity contribution in [3.63, 3.8) is 0 Å². The third-order valence-corrected chi connectivity index (χ3v) is 3.23. The van der Waals surface area contributed by atoms with Gasteiger partial charge in [-0.05, 0) is 5.56 Å². The second-order valence-electron chi connectivity index (χ2n) is 4.83. The average Bonchev–Trinajstić information content (AvgIpc) is 2.39. The van der Waals surface area contributed by atoms with Gasteiger partial charge in [0.1, 0.15) is 0 Å². The molecule has 2 rings (SSSR count). The summed E-state index contributed by atoms with van der Waals surface area (Å²) >= 11 is 0. The number of hydrogen-bond acceptors (Lipinski definition) is 2. The predicted molar refractivity (Wildman–Crippen MR) is 71.6 cm³/mol. The molecule has 1 aromatic rings. The van der Waals surface area contributed by atoms with E-state index in [-0.39, 0.29) is 5.91 Å². The van der Waals surface area contributed by atoms with Crippen LogP contribution in [0.3, 0.4) is 0 Å². The molecule has 1 saturated heterocycles. The number of piperidine rings is 1. The predicted octanol–water partition coefficient (Wildman–Crippen LogP) is 0.00980. The molecule has 0 atom stereocenters. The number of amides is 1. The van der Waals surface area contributed by atoms with Gasteiger partial charge in [-0.1, -0.05) is 30.3 Å². The summed E-state index contributed by atoms with van der Waals surface area (Å²) in [5.74, 6) is -0.0417. The summed E-state index contributed by atoms with van der Waals surface area (Å²) in [5.41, 5.74) is 4.79. The molecule has 0 aliphatic carbocycles. The highest BCUT2D eigenvalue weighted by atomic mass is 16.2. The Hall–Kier alpha value is -1.68. The van der Waals surface area contributed by atoms with Crippen LogP contribution in [0, 0.1) is 0 Å². The Balaban J connectivity index is 1.80. The van der Waals surface area contributed by atoms with Gasteiger partial charge in [-0.2, -0.15) is 5.10 Å². The highest BCUT2D eigenvalue weighted by molar-refractivity contribution is 5.87. The van der Waals surface area contributed by atoms with Crippen LogP contribution in [-0.4, -0.2) is 31.8 Å². The monoisotopic (exact) mass is 246 g/mol. The van der Waals surface area contributed by atoms with Crippen LogP contribution in [0.1, 0.15) is 18.4 Å². The fourth-order valence-electron chi connectivity index (χ4n) is 2.04. The van der Waals surface area contributed by atoms with Crippen LogP contribution in [0.25, 0.3) is 0 Å². The van der Waals surface area contributed by atoms with E-state index in [0.717, 1.165) is 37.2 Å². The first-order chi connectivity index (χ1) is 8.74. The summed E-state index contributed by atoms with van der Waals surface area (Å²) in [6, 6.07) is 9.72. The molecule has 0 bridgehead atoms. The molecule has 0 unspecified atom stereocenters. The van der Waals surface area contributed by atoms with Crippen LogP contribution < -0.4 is 10.3 Å². The fraction of sp³-hybridized carbons (Fsp3) is 0.429. The van der Waals surface area contributed by atoms with Gasteiger partial charge in [-0.15, -0.1) is 0 Å². The summed E-state index contributed by atoms with van der Waals surface area (Å²) in [6.07, 6.45) is 2.36. The first kappa shape index (κ1) is 12.8. The lowest BCUT2D eigenvalue weighted by Gasteiger charge is -2.20. The van der Waals surface area contributed by atoms with Crippen molar-refractivity contribution in [2.24, 2.45) is 5.10 Å². The Morgan fingerprint density at radius 2 is 1.94 bits per heavy atom. The van der Waals surface area contributed by atoms with Gasteiger partial charge in [0.15, 0.2) is 0 Å². The number of likely N-dealkylation sites (tertiary alicyclic amines) is 1. The Morgan fingerprint density at radius 1 is 1.28 bits per heavy atom. The molecule has 1 aliphatic heterocycles. The van der Waals surface area contributed by atoms with E-state index < -0.39 is 0 Å². The van der Waals surface area contributed by atoms with E-state index in [2.05, 4.69) is 17.6 Å². The maximum atomic E-state index is 11.7. The van der Waals surface area contributed by atoms with Crippen molar-refractivity contribution in [1.82, 2.24) is 5.43 Å². The van der Waals surface area contributed by atoms with Gasteiger partial charge in [-0.25, -0.2) is 5.43 Å². The SMILES string of the molecule is C[NH+]1CCC(=NNC(=O)Cc2ccccc2)CC1. The normalized spacial score (nSPS) is 19.4. The topological polar surface area (TPSA) is 45.9 Å². The molecular formula is C14H20N3O+. The Morgan fingerprint density at radius 3 is 2.61 bits per heavy atom. The van der Waals surface area contributed by atoms with E-state index in [4.69, 9.17) is 0 Å². The largest absolute Gasteiger partial charge is 0.337 e. The minimum absolute atomic E-state index is 0.0417. The third-order valence-electron chi connectivity index (χ3n) is 3.23. The van der Waals surface area contributed by atoms with Crippen molar-refractivity contribution >= 4 is 11.6 Å². The van der Waals surface area contributed by atoms with E-state index in [1.807, 2.05) is 30.3 Å². The first-order valence-corrected chi connectivity index (χ1v) is 6.43. The Bertz CT molecular complexity index is 418. The molecule has 1 fully saturated rings. The molecule has 0 saturated carbocycles. The van der Waals surface area contributed by atoms with E-state index in [1.54, 1.807) is 0 Å². The number of nitrogens with zero attached hydrogens (tertiary/aromatic N) is 1. The molecule has 96 valence electrons. The summed E-state index contributed by atoms with van der Waals surface area (Å²) in [7, 11) is 2.19. The van der Waals surface area contributed by atoms with Crippen LogP contribution in [0.5, 0.6) is 0 Å². The molecule has 4 nitrogen and oxygen atoms in total. The average molecular weight is 246 g/mol. The van der Waals surface area contributed by atoms with Crippen LogP contribution in [0.4, 0.5) is 0 Å². The van der Waals surface area contributed by atoms with E-state index in [9.17, 15) is 4.79 Å². The zero-order chi connectivity index (χ0) is 12.8. The van der Waals surface area contributed by atoms with Crippen LogP contribution in [-0.2, 0) is 11.2 Å². The molecule has 1 heterocycles. The smallest absolute Gasteiger partial charge is 0.244 e. The van der Waals surface area contributed by atoms with Gasteiger partial charge in [0.05, 0.1) is 26.6 Å². The maximum Gasteiger partial charge on any atom is 0.244 e.